The Hall–Kier alpha value is -1.21. The minimum absolute atomic E-state index is 0.159. The van der Waals surface area contributed by atoms with Gasteiger partial charge in [0.05, 0.1) is 30.7 Å². The van der Waals surface area contributed by atoms with Crippen LogP contribution in [0.2, 0.25) is 0 Å². The number of anilines is 1. The van der Waals surface area contributed by atoms with Crippen LogP contribution >= 0.6 is 15.9 Å². The second-order valence-electron chi connectivity index (χ2n) is 3.91. The Kier molecular flexibility index (Phi) is 4.48. The molecule has 0 saturated carbocycles. The first-order valence-electron chi connectivity index (χ1n) is 5.59. The van der Waals surface area contributed by atoms with Gasteiger partial charge in [-0.2, -0.15) is 0 Å². The summed E-state index contributed by atoms with van der Waals surface area (Å²) in [6, 6.07) is 0. The Labute approximate surface area is 113 Å². The Morgan fingerprint density at radius 3 is 3.28 bits per heavy atom. The van der Waals surface area contributed by atoms with Crippen molar-refractivity contribution >= 4 is 27.7 Å². The molecule has 0 amide bonds. The smallest absolute Gasteiger partial charge is 0.308 e. The highest BCUT2D eigenvalue weighted by molar-refractivity contribution is 9.10. The summed E-state index contributed by atoms with van der Waals surface area (Å²) in [4.78, 5) is 21.5. The van der Waals surface area contributed by atoms with E-state index >= 15 is 0 Å². The second kappa shape index (κ2) is 6.10. The van der Waals surface area contributed by atoms with Crippen molar-refractivity contribution in [2.24, 2.45) is 0 Å². The Bertz CT molecular complexity index is 430. The number of esters is 1. The molecule has 7 heteroatoms. The average molecular weight is 316 g/mol. The van der Waals surface area contributed by atoms with Gasteiger partial charge in [0.15, 0.2) is 0 Å². The zero-order valence-electron chi connectivity index (χ0n) is 10.0. The van der Waals surface area contributed by atoms with Crippen molar-refractivity contribution in [2.45, 2.75) is 12.5 Å². The molecule has 0 N–H and O–H groups in total. The van der Waals surface area contributed by atoms with Crippen LogP contribution in [0.4, 0.5) is 5.82 Å². The van der Waals surface area contributed by atoms with Gasteiger partial charge in [0, 0.05) is 19.3 Å². The number of hydrogen-bond acceptors (Lipinski definition) is 6. The number of methoxy groups -OCH3 is 1. The molecule has 1 aromatic heterocycles. The van der Waals surface area contributed by atoms with Gasteiger partial charge in [0.25, 0.3) is 0 Å². The second-order valence-corrected chi connectivity index (χ2v) is 4.77. The average Bonchev–Trinajstić information content (AvgIpc) is 2.39. The number of hydrogen-bond donors (Lipinski definition) is 0. The van der Waals surface area contributed by atoms with E-state index in [-0.39, 0.29) is 18.5 Å². The Morgan fingerprint density at radius 2 is 2.56 bits per heavy atom. The molecule has 2 rings (SSSR count). The van der Waals surface area contributed by atoms with E-state index in [1.807, 2.05) is 0 Å². The zero-order chi connectivity index (χ0) is 13.0. The molecule has 0 radical (unpaired) electrons. The van der Waals surface area contributed by atoms with Gasteiger partial charge >= 0.3 is 5.97 Å². The summed E-state index contributed by atoms with van der Waals surface area (Å²) in [5.74, 6) is 0.562. The van der Waals surface area contributed by atoms with Crippen molar-refractivity contribution in [3.63, 3.8) is 0 Å². The van der Waals surface area contributed by atoms with Crippen molar-refractivity contribution < 1.29 is 14.3 Å². The third-order valence-electron chi connectivity index (χ3n) is 2.71. The van der Waals surface area contributed by atoms with E-state index in [4.69, 9.17) is 4.74 Å². The molecular weight excluding hydrogens is 302 g/mol. The van der Waals surface area contributed by atoms with Gasteiger partial charge in [-0.15, -0.1) is 0 Å². The summed E-state index contributed by atoms with van der Waals surface area (Å²) < 4.78 is 11.0. The maximum Gasteiger partial charge on any atom is 0.308 e. The van der Waals surface area contributed by atoms with Crippen molar-refractivity contribution in [3.05, 3.63) is 17.0 Å². The van der Waals surface area contributed by atoms with Crippen LogP contribution in [0.25, 0.3) is 0 Å². The van der Waals surface area contributed by atoms with Crippen LogP contribution in [-0.2, 0) is 14.3 Å². The van der Waals surface area contributed by atoms with Gasteiger partial charge < -0.3 is 14.4 Å². The zero-order valence-corrected chi connectivity index (χ0v) is 11.6. The van der Waals surface area contributed by atoms with Gasteiger partial charge in [-0.05, 0) is 15.9 Å². The summed E-state index contributed by atoms with van der Waals surface area (Å²) in [6.07, 6.45) is 3.31. The standard InChI is InChI=1S/C11H14BrN3O3/c1-17-10(16)4-8-6-15(2-3-18-8)11-9(12)5-13-7-14-11/h5,7-8H,2-4,6H2,1H3. The van der Waals surface area contributed by atoms with Crippen LogP contribution in [0.3, 0.4) is 0 Å². The van der Waals surface area contributed by atoms with E-state index in [1.165, 1.54) is 13.4 Å². The number of rotatable bonds is 3. The lowest BCUT2D eigenvalue weighted by Gasteiger charge is -2.33. The summed E-state index contributed by atoms with van der Waals surface area (Å²) in [5.41, 5.74) is 0. The summed E-state index contributed by atoms with van der Waals surface area (Å²) >= 11 is 3.42. The van der Waals surface area contributed by atoms with Crippen LogP contribution in [0.15, 0.2) is 17.0 Å². The molecule has 1 fully saturated rings. The van der Waals surface area contributed by atoms with Gasteiger partial charge in [-0.3, -0.25) is 4.79 Å². The maximum absolute atomic E-state index is 11.2. The first-order chi connectivity index (χ1) is 8.70. The first kappa shape index (κ1) is 13.2. The third kappa shape index (κ3) is 3.17. The molecule has 0 aliphatic carbocycles. The highest BCUT2D eigenvalue weighted by Crippen LogP contribution is 2.24. The van der Waals surface area contributed by atoms with E-state index in [1.54, 1.807) is 6.20 Å². The molecule has 1 aliphatic rings. The largest absolute Gasteiger partial charge is 0.469 e. The normalized spacial score (nSPS) is 19.7. The minimum Gasteiger partial charge on any atom is -0.469 e. The molecule has 1 saturated heterocycles. The number of carbonyl (C=O) groups is 1. The van der Waals surface area contributed by atoms with Crippen LogP contribution in [0.1, 0.15) is 6.42 Å². The summed E-state index contributed by atoms with van der Waals surface area (Å²) in [6.45, 7) is 1.93. The topological polar surface area (TPSA) is 64.5 Å². The number of halogens is 1. The summed E-state index contributed by atoms with van der Waals surface area (Å²) in [7, 11) is 1.38. The van der Waals surface area contributed by atoms with Crippen molar-refractivity contribution in [3.8, 4) is 0 Å². The fourth-order valence-corrected chi connectivity index (χ4v) is 2.31. The number of aromatic nitrogens is 2. The monoisotopic (exact) mass is 315 g/mol. The SMILES string of the molecule is COC(=O)CC1CN(c2ncncc2Br)CCO1. The first-order valence-corrected chi connectivity index (χ1v) is 6.39. The van der Waals surface area contributed by atoms with Crippen LogP contribution in [0.5, 0.6) is 0 Å². The van der Waals surface area contributed by atoms with Gasteiger partial charge in [-0.1, -0.05) is 0 Å². The number of nitrogens with zero attached hydrogens (tertiary/aromatic N) is 3. The van der Waals surface area contributed by atoms with Crippen LogP contribution < -0.4 is 4.90 Å². The van der Waals surface area contributed by atoms with Gasteiger partial charge in [-0.25, -0.2) is 9.97 Å². The molecule has 0 bridgehead atoms. The molecule has 1 unspecified atom stereocenters. The molecule has 1 aromatic rings. The Balaban J connectivity index is 2.03. The minimum atomic E-state index is -0.261. The van der Waals surface area contributed by atoms with E-state index in [0.29, 0.717) is 13.2 Å². The predicted octanol–water partition coefficient (Wildman–Crippen LogP) is 1.01. The molecule has 6 nitrogen and oxygen atoms in total. The molecular formula is C11H14BrN3O3. The van der Waals surface area contributed by atoms with E-state index in [9.17, 15) is 4.79 Å². The lowest BCUT2D eigenvalue weighted by Crippen LogP contribution is -2.44. The lowest BCUT2D eigenvalue weighted by molar-refractivity contribution is -0.144. The van der Waals surface area contributed by atoms with E-state index in [0.717, 1.165) is 16.8 Å². The molecule has 18 heavy (non-hydrogen) atoms. The molecule has 0 aromatic carbocycles. The molecule has 1 atom stereocenters. The quantitative estimate of drug-likeness (QED) is 0.776. The van der Waals surface area contributed by atoms with E-state index in [2.05, 4.69) is 35.5 Å². The fraction of sp³-hybridized carbons (Fsp3) is 0.545. The molecule has 0 spiro atoms. The molecule has 98 valence electrons. The highest BCUT2D eigenvalue weighted by Gasteiger charge is 2.25. The van der Waals surface area contributed by atoms with Crippen molar-refractivity contribution in [2.75, 3.05) is 31.7 Å². The van der Waals surface area contributed by atoms with Gasteiger partial charge in [0.1, 0.15) is 12.1 Å². The van der Waals surface area contributed by atoms with Gasteiger partial charge in [0.2, 0.25) is 0 Å². The third-order valence-corrected chi connectivity index (χ3v) is 3.27. The predicted molar refractivity (Wildman–Crippen MR) is 68.3 cm³/mol. The van der Waals surface area contributed by atoms with Crippen LogP contribution in [-0.4, -0.2) is 48.8 Å². The van der Waals surface area contributed by atoms with E-state index < -0.39 is 0 Å². The van der Waals surface area contributed by atoms with Crippen molar-refractivity contribution in [1.29, 1.82) is 0 Å². The molecule has 2 heterocycles. The number of ether oxygens (including phenoxy) is 2. The number of carbonyl (C=O) groups excluding carboxylic acids is 1. The summed E-state index contributed by atoms with van der Waals surface area (Å²) in [5, 5.41) is 0. The Morgan fingerprint density at radius 1 is 1.72 bits per heavy atom. The number of morpholine rings is 1. The lowest BCUT2D eigenvalue weighted by atomic mass is 10.2. The maximum atomic E-state index is 11.2. The fourth-order valence-electron chi connectivity index (χ4n) is 1.84. The molecule has 1 aliphatic heterocycles. The van der Waals surface area contributed by atoms with Crippen LogP contribution in [0, 0.1) is 0 Å². The highest BCUT2D eigenvalue weighted by atomic mass is 79.9. The van der Waals surface area contributed by atoms with Crippen molar-refractivity contribution in [1.82, 2.24) is 9.97 Å².